The average molecular weight is 373 g/mol. The van der Waals surface area contributed by atoms with Crippen molar-refractivity contribution < 1.29 is 23.1 Å². The van der Waals surface area contributed by atoms with Crippen molar-refractivity contribution in [3.8, 4) is 0 Å². The summed E-state index contributed by atoms with van der Waals surface area (Å²) in [7, 11) is -3.58. The Bertz CT molecular complexity index is 924. The molecule has 0 spiro atoms. The SMILES string of the molecule is O=C(O)[C@@H]1CCN(C(=O)c2ccccc2CS(=O)(=O)c2ccccc2)C1. The van der Waals surface area contributed by atoms with E-state index in [2.05, 4.69) is 0 Å². The van der Waals surface area contributed by atoms with Crippen molar-refractivity contribution in [3.63, 3.8) is 0 Å². The maximum atomic E-state index is 12.8. The molecule has 1 saturated heterocycles. The topological polar surface area (TPSA) is 91.8 Å². The fraction of sp³-hybridized carbons (Fsp3) is 0.263. The molecule has 2 aromatic carbocycles. The number of benzene rings is 2. The average Bonchev–Trinajstić information content (AvgIpc) is 3.12. The third-order valence-electron chi connectivity index (χ3n) is 4.52. The van der Waals surface area contributed by atoms with Crippen LogP contribution >= 0.6 is 0 Å². The molecule has 1 N–H and O–H groups in total. The Morgan fingerprint density at radius 1 is 1.04 bits per heavy atom. The zero-order chi connectivity index (χ0) is 18.7. The molecule has 0 radical (unpaired) electrons. The smallest absolute Gasteiger partial charge is 0.308 e. The number of carboxylic acid groups (broad SMARTS) is 1. The summed E-state index contributed by atoms with van der Waals surface area (Å²) in [5.74, 6) is -2.10. The van der Waals surface area contributed by atoms with Crippen molar-refractivity contribution in [3.05, 3.63) is 65.7 Å². The first-order valence-electron chi connectivity index (χ1n) is 8.26. The highest BCUT2D eigenvalue weighted by Gasteiger charge is 2.32. The number of carbonyl (C=O) groups is 2. The first kappa shape index (κ1) is 18.1. The van der Waals surface area contributed by atoms with E-state index in [1.165, 1.54) is 17.0 Å². The van der Waals surface area contributed by atoms with Gasteiger partial charge in [0.1, 0.15) is 0 Å². The molecule has 0 aliphatic carbocycles. The van der Waals surface area contributed by atoms with Gasteiger partial charge in [-0.3, -0.25) is 9.59 Å². The van der Waals surface area contributed by atoms with Gasteiger partial charge in [-0.15, -0.1) is 0 Å². The summed E-state index contributed by atoms with van der Waals surface area (Å²) < 4.78 is 25.3. The quantitative estimate of drug-likeness (QED) is 0.868. The number of nitrogens with zero attached hydrogens (tertiary/aromatic N) is 1. The van der Waals surface area contributed by atoms with Crippen LogP contribution in [0.4, 0.5) is 0 Å². The Labute approximate surface area is 152 Å². The predicted molar refractivity (Wildman–Crippen MR) is 95.4 cm³/mol. The van der Waals surface area contributed by atoms with Crippen molar-refractivity contribution in [1.82, 2.24) is 4.90 Å². The van der Waals surface area contributed by atoms with Gasteiger partial charge in [-0.05, 0) is 30.2 Å². The van der Waals surface area contributed by atoms with E-state index < -0.39 is 21.7 Å². The second-order valence-electron chi connectivity index (χ2n) is 6.30. The summed E-state index contributed by atoms with van der Waals surface area (Å²) in [5.41, 5.74) is 0.721. The van der Waals surface area contributed by atoms with E-state index in [0.717, 1.165) is 0 Å². The van der Waals surface area contributed by atoms with E-state index in [9.17, 15) is 18.0 Å². The molecule has 26 heavy (non-hydrogen) atoms. The standard InChI is InChI=1S/C19H19NO5S/c21-18(20-11-10-14(12-20)19(22)23)17-9-5-4-6-15(17)13-26(24,25)16-7-2-1-3-8-16/h1-9,14H,10-13H2,(H,22,23)/t14-/m1/s1. The Morgan fingerprint density at radius 2 is 1.69 bits per heavy atom. The monoisotopic (exact) mass is 373 g/mol. The molecule has 136 valence electrons. The van der Waals surface area contributed by atoms with Gasteiger partial charge in [-0.2, -0.15) is 0 Å². The fourth-order valence-corrected chi connectivity index (χ4v) is 4.49. The maximum Gasteiger partial charge on any atom is 0.308 e. The Balaban J connectivity index is 1.85. The van der Waals surface area contributed by atoms with Crippen molar-refractivity contribution in [1.29, 1.82) is 0 Å². The molecule has 1 aliphatic heterocycles. The van der Waals surface area contributed by atoms with E-state index in [1.807, 2.05) is 0 Å². The van der Waals surface area contributed by atoms with Crippen LogP contribution in [0.1, 0.15) is 22.3 Å². The molecular weight excluding hydrogens is 354 g/mol. The minimum absolute atomic E-state index is 0.147. The number of carboxylic acids is 1. The van der Waals surface area contributed by atoms with Crippen molar-refractivity contribution >= 4 is 21.7 Å². The molecular formula is C19H19NO5S. The van der Waals surface area contributed by atoms with E-state index in [1.54, 1.807) is 42.5 Å². The summed E-state index contributed by atoms with van der Waals surface area (Å²) in [5, 5.41) is 9.10. The molecule has 6 nitrogen and oxygen atoms in total. The van der Waals surface area contributed by atoms with Gasteiger partial charge < -0.3 is 10.0 Å². The molecule has 1 atom stereocenters. The van der Waals surface area contributed by atoms with Crippen molar-refractivity contribution in [2.75, 3.05) is 13.1 Å². The minimum atomic E-state index is -3.58. The van der Waals surface area contributed by atoms with Gasteiger partial charge in [-0.1, -0.05) is 36.4 Å². The Hall–Kier alpha value is -2.67. The summed E-state index contributed by atoms with van der Waals surface area (Å²) in [6.45, 7) is 0.503. The molecule has 7 heteroatoms. The largest absolute Gasteiger partial charge is 0.481 e. The van der Waals surface area contributed by atoms with Crippen molar-refractivity contribution in [2.24, 2.45) is 5.92 Å². The molecule has 2 aromatic rings. The number of aliphatic carboxylic acids is 1. The van der Waals surface area contributed by atoms with Gasteiger partial charge in [-0.25, -0.2) is 8.42 Å². The van der Waals surface area contributed by atoms with Gasteiger partial charge in [0.25, 0.3) is 5.91 Å². The van der Waals surface area contributed by atoms with Gasteiger partial charge in [0.15, 0.2) is 9.84 Å². The van der Waals surface area contributed by atoms with Crippen LogP contribution in [0.3, 0.4) is 0 Å². The molecule has 3 rings (SSSR count). The van der Waals surface area contributed by atoms with Crippen LogP contribution in [0.2, 0.25) is 0 Å². The van der Waals surface area contributed by atoms with Gasteiger partial charge in [0.2, 0.25) is 0 Å². The zero-order valence-corrected chi connectivity index (χ0v) is 14.9. The molecule has 0 aromatic heterocycles. The lowest BCUT2D eigenvalue weighted by Gasteiger charge is -2.18. The lowest BCUT2D eigenvalue weighted by atomic mass is 10.1. The maximum absolute atomic E-state index is 12.8. The summed E-state index contributed by atoms with van der Waals surface area (Å²) >= 11 is 0. The lowest BCUT2D eigenvalue weighted by Crippen LogP contribution is -2.30. The third kappa shape index (κ3) is 3.77. The van der Waals surface area contributed by atoms with Crippen LogP contribution in [-0.2, 0) is 20.4 Å². The number of hydrogen-bond acceptors (Lipinski definition) is 4. The molecule has 0 unspecified atom stereocenters. The number of amides is 1. The molecule has 0 bridgehead atoms. The van der Waals surface area contributed by atoms with E-state index >= 15 is 0 Å². The van der Waals surface area contributed by atoms with E-state index in [4.69, 9.17) is 5.11 Å². The van der Waals surface area contributed by atoms with Crippen LogP contribution in [-0.4, -0.2) is 43.4 Å². The minimum Gasteiger partial charge on any atom is -0.481 e. The number of rotatable bonds is 5. The molecule has 1 fully saturated rings. The third-order valence-corrected chi connectivity index (χ3v) is 6.20. The normalized spacial score (nSPS) is 17.2. The fourth-order valence-electron chi connectivity index (χ4n) is 3.09. The second-order valence-corrected chi connectivity index (χ2v) is 8.29. The first-order valence-corrected chi connectivity index (χ1v) is 9.91. The van der Waals surface area contributed by atoms with Gasteiger partial charge >= 0.3 is 5.97 Å². The van der Waals surface area contributed by atoms with Gasteiger partial charge in [0, 0.05) is 18.7 Å². The predicted octanol–water partition coefficient (Wildman–Crippen LogP) is 2.21. The van der Waals surface area contributed by atoms with E-state index in [-0.39, 0.29) is 23.1 Å². The Morgan fingerprint density at radius 3 is 2.35 bits per heavy atom. The van der Waals surface area contributed by atoms with Crippen LogP contribution < -0.4 is 0 Å². The molecule has 1 aliphatic rings. The number of sulfone groups is 1. The van der Waals surface area contributed by atoms with Crippen molar-refractivity contribution in [2.45, 2.75) is 17.1 Å². The van der Waals surface area contributed by atoms with Crippen LogP contribution in [0, 0.1) is 5.92 Å². The molecule has 1 heterocycles. The zero-order valence-electron chi connectivity index (χ0n) is 14.0. The highest BCUT2D eigenvalue weighted by molar-refractivity contribution is 7.90. The molecule has 1 amide bonds. The summed E-state index contributed by atoms with van der Waals surface area (Å²) in [6, 6.07) is 14.7. The van der Waals surface area contributed by atoms with E-state index in [0.29, 0.717) is 24.1 Å². The highest BCUT2D eigenvalue weighted by Crippen LogP contribution is 2.23. The van der Waals surface area contributed by atoms with Crippen LogP contribution in [0.15, 0.2) is 59.5 Å². The summed E-state index contributed by atoms with van der Waals surface area (Å²) in [6.07, 6.45) is 0.408. The number of hydrogen-bond donors (Lipinski definition) is 1. The first-order chi connectivity index (χ1) is 12.4. The Kier molecular flexibility index (Phi) is 5.08. The van der Waals surface area contributed by atoms with Crippen LogP contribution in [0.25, 0.3) is 0 Å². The van der Waals surface area contributed by atoms with Gasteiger partial charge in [0.05, 0.1) is 16.6 Å². The molecule has 0 saturated carbocycles. The van der Waals surface area contributed by atoms with Crippen LogP contribution in [0.5, 0.6) is 0 Å². The number of likely N-dealkylation sites (tertiary alicyclic amines) is 1. The number of carbonyl (C=O) groups excluding carboxylic acids is 1. The summed E-state index contributed by atoms with van der Waals surface area (Å²) in [4.78, 5) is 25.6. The highest BCUT2D eigenvalue weighted by atomic mass is 32.2. The lowest BCUT2D eigenvalue weighted by molar-refractivity contribution is -0.141. The second kappa shape index (κ2) is 7.29.